The minimum absolute atomic E-state index is 0.0124. The zero-order valence-corrected chi connectivity index (χ0v) is 17.5. The topological polar surface area (TPSA) is 74.2 Å². The Morgan fingerprint density at radius 3 is 2.83 bits per heavy atom. The van der Waals surface area contributed by atoms with Crippen LogP contribution in [0.5, 0.6) is 0 Å². The molecule has 0 radical (unpaired) electrons. The van der Waals surface area contributed by atoms with Crippen molar-refractivity contribution in [3.8, 4) is 0 Å². The molecule has 1 fully saturated rings. The number of aromatic nitrogens is 3. The summed E-state index contributed by atoms with van der Waals surface area (Å²) in [6.45, 7) is 1.74. The molecule has 1 N–H and O–H groups in total. The largest absolute Gasteiger partial charge is 0.350 e. The Hall–Kier alpha value is -2.80. The number of aromatic amines is 1. The Labute approximate surface area is 178 Å². The van der Waals surface area contributed by atoms with Gasteiger partial charge in [-0.15, -0.1) is 0 Å². The minimum atomic E-state index is -0.0824. The molecule has 1 saturated carbocycles. The molecular weight excluding hydrogens is 402 g/mol. The molecular formula is C22H22ClN5O2. The second kappa shape index (κ2) is 6.11. The molecule has 0 bridgehead atoms. The number of fused-ring (bicyclic) bond motifs is 4. The van der Waals surface area contributed by atoms with Gasteiger partial charge < -0.3 is 14.8 Å². The molecule has 8 heteroatoms. The van der Waals surface area contributed by atoms with Crippen LogP contribution in [0.2, 0.25) is 5.02 Å². The SMILES string of the molecule is CN1C(=O)c2c3c(nn2CCC12CC2)CCN(C(=O)c1cc2c(Cl)cccc2[nH]1)C3. The number of nitrogens with zero attached hydrogens (tertiary/aromatic N) is 4. The van der Waals surface area contributed by atoms with E-state index in [1.165, 1.54) is 0 Å². The average molecular weight is 424 g/mol. The summed E-state index contributed by atoms with van der Waals surface area (Å²) in [7, 11) is 1.91. The number of benzene rings is 1. The number of nitrogens with one attached hydrogen (secondary N) is 1. The van der Waals surface area contributed by atoms with Gasteiger partial charge in [-0.05, 0) is 37.5 Å². The second-order valence-corrected chi connectivity index (χ2v) is 9.10. The highest BCUT2D eigenvalue weighted by Gasteiger charge is 2.51. The molecule has 4 heterocycles. The van der Waals surface area contributed by atoms with Crippen LogP contribution in [0.1, 0.15) is 51.5 Å². The van der Waals surface area contributed by atoms with Crippen molar-refractivity contribution in [3.05, 3.63) is 51.9 Å². The molecule has 1 spiro atoms. The molecule has 1 aromatic carbocycles. The molecule has 1 aliphatic carbocycles. The first-order valence-corrected chi connectivity index (χ1v) is 10.8. The maximum absolute atomic E-state index is 13.3. The monoisotopic (exact) mass is 423 g/mol. The van der Waals surface area contributed by atoms with Crippen LogP contribution in [0.3, 0.4) is 0 Å². The van der Waals surface area contributed by atoms with E-state index in [1.807, 2.05) is 40.9 Å². The smallest absolute Gasteiger partial charge is 0.272 e. The lowest BCUT2D eigenvalue weighted by molar-refractivity contribution is 0.0689. The second-order valence-electron chi connectivity index (χ2n) is 8.70. The van der Waals surface area contributed by atoms with Crippen molar-refractivity contribution in [2.75, 3.05) is 13.6 Å². The van der Waals surface area contributed by atoms with E-state index in [4.69, 9.17) is 16.7 Å². The lowest BCUT2D eigenvalue weighted by Crippen LogP contribution is -2.40. The fourth-order valence-electron chi connectivity index (χ4n) is 4.99. The van der Waals surface area contributed by atoms with E-state index < -0.39 is 0 Å². The summed E-state index contributed by atoms with van der Waals surface area (Å²) in [4.78, 5) is 33.4. The first kappa shape index (κ1) is 18.0. The van der Waals surface area contributed by atoms with Gasteiger partial charge in [0.15, 0.2) is 0 Å². The number of carbonyl (C=O) groups is 2. The molecule has 3 aromatic rings. The Morgan fingerprint density at radius 2 is 2.07 bits per heavy atom. The van der Waals surface area contributed by atoms with E-state index in [0.717, 1.165) is 48.0 Å². The zero-order chi connectivity index (χ0) is 20.6. The molecule has 2 aromatic heterocycles. The lowest BCUT2D eigenvalue weighted by atomic mass is 10.0. The van der Waals surface area contributed by atoms with Crippen LogP contribution in [-0.2, 0) is 19.5 Å². The van der Waals surface area contributed by atoms with E-state index in [0.29, 0.717) is 35.9 Å². The summed E-state index contributed by atoms with van der Waals surface area (Å²) >= 11 is 6.27. The van der Waals surface area contributed by atoms with Crippen LogP contribution in [0.15, 0.2) is 24.3 Å². The van der Waals surface area contributed by atoms with Crippen LogP contribution in [0.25, 0.3) is 10.9 Å². The number of carbonyl (C=O) groups excluding carboxylic acids is 2. The summed E-state index contributed by atoms with van der Waals surface area (Å²) in [5.74, 6) is -0.0496. The Kier molecular flexibility index (Phi) is 3.67. The number of aryl methyl sites for hydroxylation is 1. The van der Waals surface area contributed by atoms with Gasteiger partial charge >= 0.3 is 0 Å². The van der Waals surface area contributed by atoms with Gasteiger partial charge in [-0.25, -0.2) is 0 Å². The standard InChI is InChI=1S/C22H22ClN5O2/c1-26-21(30)19-14-12-27(9-5-17(14)25-28(19)10-8-22(26)6-7-22)20(29)18-11-13-15(23)3-2-4-16(13)24-18/h2-4,11,24H,5-10,12H2,1H3. The Morgan fingerprint density at radius 1 is 1.23 bits per heavy atom. The van der Waals surface area contributed by atoms with Gasteiger partial charge in [0.05, 0.1) is 12.2 Å². The van der Waals surface area contributed by atoms with Crippen molar-refractivity contribution in [2.45, 2.75) is 44.3 Å². The third kappa shape index (κ3) is 2.48. The number of H-pyrrole nitrogens is 1. The van der Waals surface area contributed by atoms with Crippen molar-refractivity contribution in [2.24, 2.45) is 0 Å². The van der Waals surface area contributed by atoms with Gasteiger partial charge in [0, 0.05) is 53.6 Å². The van der Waals surface area contributed by atoms with Gasteiger partial charge in [0.25, 0.3) is 11.8 Å². The number of amides is 2. The fraction of sp³-hybridized carbons (Fsp3) is 0.409. The normalized spacial score (nSPS) is 19.7. The molecule has 6 rings (SSSR count). The molecule has 30 heavy (non-hydrogen) atoms. The van der Waals surface area contributed by atoms with E-state index in [2.05, 4.69) is 4.98 Å². The van der Waals surface area contributed by atoms with Crippen LogP contribution in [0, 0.1) is 0 Å². The molecule has 0 atom stereocenters. The van der Waals surface area contributed by atoms with Crippen LogP contribution in [-0.4, -0.2) is 55.5 Å². The molecule has 0 saturated heterocycles. The molecule has 3 aliphatic rings. The number of halogens is 1. The maximum atomic E-state index is 13.3. The highest BCUT2D eigenvalue weighted by atomic mass is 35.5. The van der Waals surface area contributed by atoms with Crippen molar-refractivity contribution in [1.82, 2.24) is 24.6 Å². The van der Waals surface area contributed by atoms with E-state index in [-0.39, 0.29) is 17.4 Å². The predicted molar refractivity (Wildman–Crippen MR) is 113 cm³/mol. The fourth-order valence-corrected chi connectivity index (χ4v) is 5.22. The minimum Gasteiger partial charge on any atom is -0.350 e. The van der Waals surface area contributed by atoms with Crippen molar-refractivity contribution in [1.29, 1.82) is 0 Å². The van der Waals surface area contributed by atoms with Gasteiger partial charge in [-0.1, -0.05) is 17.7 Å². The third-order valence-electron chi connectivity index (χ3n) is 7.06. The molecule has 2 aliphatic heterocycles. The number of hydrogen-bond acceptors (Lipinski definition) is 3. The number of rotatable bonds is 1. The predicted octanol–water partition coefficient (Wildman–Crippen LogP) is 3.22. The molecule has 0 unspecified atom stereocenters. The van der Waals surface area contributed by atoms with Crippen LogP contribution < -0.4 is 0 Å². The third-order valence-corrected chi connectivity index (χ3v) is 7.39. The summed E-state index contributed by atoms with van der Waals surface area (Å²) in [5.41, 5.74) is 3.88. The Balaban J connectivity index is 1.33. The van der Waals surface area contributed by atoms with Crippen molar-refractivity contribution in [3.63, 3.8) is 0 Å². The Bertz CT molecular complexity index is 1220. The van der Waals surface area contributed by atoms with E-state index >= 15 is 0 Å². The quantitative estimate of drug-likeness (QED) is 0.653. The summed E-state index contributed by atoms with van der Waals surface area (Å²) < 4.78 is 1.88. The first-order chi connectivity index (χ1) is 14.5. The number of hydrogen-bond donors (Lipinski definition) is 1. The molecule has 2 amide bonds. The van der Waals surface area contributed by atoms with Crippen LogP contribution in [0.4, 0.5) is 0 Å². The zero-order valence-electron chi connectivity index (χ0n) is 16.7. The van der Waals surface area contributed by atoms with Gasteiger partial charge in [-0.3, -0.25) is 14.3 Å². The molecule has 154 valence electrons. The van der Waals surface area contributed by atoms with Crippen molar-refractivity contribution < 1.29 is 9.59 Å². The van der Waals surface area contributed by atoms with Gasteiger partial charge in [0.2, 0.25) is 0 Å². The first-order valence-electron chi connectivity index (χ1n) is 10.4. The highest BCUT2D eigenvalue weighted by Crippen LogP contribution is 2.46. The summed E-state index contributed by atoms with van der Waals surface area (Å²) in [5, 5.41) is 6.21. The van der Waals surface area contributed by atoms with Gasteiger partial charge in [0.1, 0.15) is 11.4 Å². The van der Waals surface area contributed by atoms with E-state index in [9.17, 15) is 9.59 Å². The van der Waals surface area contributed by atoms with Gasteiger partial charge in [-0.2, -0.15) is 5.10 Å². The molecule has 7 nitrogen and oxygen atoms in total. The van der Waals surface area contributed by atoms with Crippen LogP contribution >= 0.6 is 11.6 Å². The van der Waals surface area contributed by atoms with Crippen molar-refractivity contribution >= 4 is 34.3 Å². The summed E-state index contributed by atoms with van der Waals surface area (Å²) in [6.07, 6.45) is 3.73. The van der Waals surface area contributed by atoms with E-state index in [1.54, 1.807) is 4.90 Å². The average Bonchev–Trinajstić information content (AvgIpc) is 3.28. The maximum Gasteiger partial charge on any atom is 0.272 e. The lowest BCUT2D eigenvalue weighted by Gasteiger charge is -2.28. The summed E-state index contributed by atoms with van der Waals surface area (Å²) in [6, 6.07) is 7.39. The highest BCUT2D eigenvalue weighted by molar-refractivity contribution is 6.35.